The van der Waals surface area contributed by atoms with E-state index in [1.54, 1.807) is 11.3 Å². The lowest BCUT2D eigenvalue weighted by atomic mass is 10.1. The van der Waals surface area contributed by atoms with E-state index in [1.807, 2.05) is 17.8 Å². The van der Waals surface area contributed by atoms with E-state index < -0.39 is 0 Å². The van der Waals surface area contributed by atoms with Crippen LogP contribution < -0.4 is 0 Å². The summed E-state index contributed by atoms with van der Waals surface area (Å²) in [6.45, 7) is 1.87. The zero-order chi connectivity index (χ0) is 8.39. The van der Waals surface area contributed by atoms with Gasteiger partial charge in [-0.1, -0.05) is 11.6 Å². The molecule has 0 aromatic carbocycles. The van der Waals surface area contributed by atoms with Crippen LogP contribution in [-0.2, 0) is 4.74 Å². The minimum Gasteiger partial charge on any atom is -0.381 e. The highest BCUT2D eigenvalue weighted by Gasteiger charge is 2.18. The molecule has 1 nitrogen and oxygen atoms in total. The van der Waals surface area contributed by atoms with Crippen molar-refractivity contribution in [1.29, 1.82) is 0 Å². The summed E-state index contributed by atoms with van der Waals surface area (Å²) in [5.74, 6) is 1.92. The summed E-state index contributed by atoms with van der Waals surface area (Å²) < 4.78 is 7.28. The number of hydrogen-bond donors (Lipinski definition) is 0. The first kappa shape index (κ1) is 8.88. The van der Waals surface area contributed by atoms with Gasteiger partial charge in [0.15, 0.2) is 0 Å². The maximum atomic E-state index is 5.80. The lowest BCUT2D eigenvalue weighted by molar-refractivity contribution is -0.0196. The van der Waals surface area contributed by atoms with E-state index in [0.29, 0.717) is 0 Å². The first-order valence-corrected chi connectivity index (χ1v) is 5.98. The lowest BCUT2D eigenvalue weighted by Crippen LogP contribution is -2.29. The molecule has 4 heteroatoms. The fourth-order valence-corrected chi connectivity index (χ4v) is 3.34. The molecule has 0 aliphatic carbocycles. The van der Waals surface area contributed by atoms with Crippen LogP contribution in [0.1, 0.15) is 0 Å². The second kappa shape index (κ2) is 4.01. The van der Waals surface area contributed by atoms with Crippen LogP contribution in [0.3, 0.4) is 0 Å². The molecule has 0 atom stereocenters. The molecule has 0 spiro atoms. The zero-order valence-corrected chi connectivity index (χ0v) is 8.85. The van der Waals surface area contributed by atoms with Crippen molar-refractivity contribution in [3.8, 4) is 0 Å². The van der Waals surface area contributed by atoms with E-state index in [0.717, 1.165) is 29.2 Å². The number of ether oxygens (including phenoxy) is 1. The molecule has 2 rings (SSSR count). The number of halogens is 1. The molecule has 0 amide bonds. The van der Waals surface area contributed by atoms with Crippen LogP contribution in [0.4, 0.5) is 0 Å². The van der Waals surface area contributed by atoms with Gasteiger partial charge >= 0.3 is 0 Å². The summed E-state index contributed by atoms with van der Waals surface area (Å²) >= 11 is 9.34. The first-order chi connectivity index (χ1) is 5.84. The Bertz CT molecular complexity index is 257. The molecule has 1 saturated heterocycles. The minimum atomic E-state index is 0.760. The van der Waals surface area contributed by atoms with Crippen LogP contribution in [0.25, 0.3) is 0 Å². The van der Waals surface area contributed by atoms with Gasteiger partial charge in [-0.2, -0.15) is 0 Å². The quantitative estimate of drug-likeness (QED) is 0.724. The SMILES string of the molecule is Clc1ccc(SCC2COC2)s1. The number of rotatable bonds is 3. The maximum absolute atomic E-state index is 5.80. The van der Waals surface area contributed by atoms with E-state index in [9.17, 15) is 0 Å². The average Bonchev–Trinajstić information content (AvgIpc) is 2.32. The molecule has 0 unspecified atom stereocenters. The normalized spacial score (nSPS) is 17.8. The molecule has 0 radical (unpaired) electrons. The van der Waals surface area contributed by atoms with E-state index in [4.69, 9.17) is 16.3 Å². The van der Waals surface area contributed by atoms with Gasteiger partial charge < -0.3 is 4.74 Å². The Labute approximate surface area is 85.1 Å². The van der Waals surface area contributed by atoms with Crippen molar-refractivity contribution in [2.75, 3.05) is 19.0 Å². The molecule has 66 valence electrons. The van der Waals surface area contributed by atoms with Crippen molar-refractivity contribution < 1.29 is 4.74 Å². The highest BCUT2D eigenvalue weighted by Crippen LogP contribution is 2.32. The highest BCUT2D eigenvalue weighted by molar-refractivity contribution is 8.01. The number of thioether (sulfide) groups is 1. The molecule has 1 aromatic rings. The number of thiophene rings is 1. The van der Waals surface area contributed by atoms with Gasteiger partial charge in [0.05, 0.1) is 21.8 Å². The maximum Gasteiger partial charge on any atom is 0.0940 e. The largest absolute Gasteiger partial charge is 0.381 e. The van der Waals surface area contributed by atoms with E-state index in [-0.39, 0.29) is 0 Å². The van der Waals surface area contributed by atoms with Crippen molar-refractivity contribution in [3.05, 3.63) is 16.5 Å². The Morgan fingerprint density at radius 2 is 2.42 bits per heavy atom. The van der Waals surface area contributed by atoms with E-state index in [2.05, 4.69) is 6.07 Å². The summed E-state index contributed by atoms with van der Waals surface area (Å²) in [5.41, 5.74) is 0. The van der Waals surface area contributed by atoms with E-state index >= 15 is 0 Å². The molecular formula is C8H9ClOS2. The Kier molecular flexibility index (Phi) is 2.96. The van der Waals surface area contributed by atoms with Crippen LogP contribution in [0.5, 0.6) is 0 Å². The van der Waals surface area contributed by atoms with Gasteiger partial charge in [0.1, 0.15) is 0 Å². The van der Waals surface area contributed by atoms with Crippen molar-refractivity contribution in [1.82, 2.24) is 0 Å². The van der Waals surface area contributed by atoms with Crippen LogP contribution in [0.15, 0.2) is 16.3 Å². The molecule has 1 aromatic heterocycles. The van der Waals surface area contributed by atoms with Crippen LogP contribution in [0, 0.1) is 5.92 Å². The van der Waals surface area contributed by atoms with Crippen molar-refractivity contribution in [3.63, 3.8) is 0 Å². The predicted molar refractivity (Wildman–Crippen MR) is 54.4 cm³/mol. The Morgan fingerprint density at radius 3 is 2.92 bits per heavy atom. The molecule has 1 aliphatic heterocycles. The summed E-state index contributed by atoms with van der Waals surface area (Å²) in [4.78, 5) is 0. The summed E-state index contributed by atoms with van der Waals surface area (Å²) in [6.07, 6.45) is 0. The van der Waals surface area contributed by atoms with E-state index in [1.165, 1.54) is 4.21 Å². The summed E-state index contributed by atoms with van der Waals surface area (Å²) in [7, 11) is 0. The molecule has 1 aliphatic rings. The van der Waals surface area contributed by atoms with Gasteiger partial charge in [0, 0.05) is 11.7 Å². The fourth-order valence-electron chi connectivity index (χ4n) is 0.956. The van der Waals surface area contributed by atoms with Gasteiger partial charge in [-0.25, -0.2) is 0 Å². The highest BCUT2D eigenvalue weighted by atomic mass is 35.5. The van der Waals surface area contributed by atoms with Crippen molar-refractivity contribution in [2.45, 2.75) is 4.21 Å². The summed E-state index contributed by atoms with van der Waals surface area (Å²) in [5, 5.41) is 0. The minimum absolute atomic E-state index is 0.760. The van der Waals surface area contributed by atoms with Crippen LogP contribution in [-0.4, -0.2) is 19.0 Å². The van der Waals surface area contributed by atoms with Crippen molar-refractivity contribution in [2.24, 2.45) is 5.92 Å². The smallest absolute Gasteiger partial charge is 0.0940 e. The van der Waals surface area contributed by atoms with Crippen LogP contribution in [0.2, 0.25) is 4.34 Å². The van der Waals surface area contributed by atoms with Gasteiger partial charge in [0.2, 0.25) is 0 Å². The molecule has 0 N–H and O–H groups in total. The molecule has 2 heterocycles. The topological polar surface area (TPSA) is 9.23 Å². The third-order valence-electron chi connectivity index (χ3n) is 1.72. The monoisotopic (exact) mass is 220 g/mol. The molecular weight excluding hydrogens is 212 g/mol. The standard InChI is InChI=1S/C8H9ClOS2/c9-7-1-2-8(12-7)11-5-6-3-10-4-6/h1-2,6H,3-5H2. The Hall–Kier alpha value is 0.300. The predicted octanol–water partition coefficient (Wildman–Crippen LogP) is 3.14. The zero-order valence-electron chi connectivity index (χ0n) is 6.46. The van der Waals surface area contributed by atoms with Gasteiger partial charge in [-0.3, -0.25) is 0 Å². The fraction of sp³-hybridized carbons (Fsp3) is 0.500. The lowest BCUT2D eigenvalue weighted by Gasteiger charge is -2.24. The van der Waals surface area contributed by atoms with Crippen molar-refractivity contribution >= 4 is 34.7 Å². The Morgan fingerprint density at radius 1 is 1.58 bits per heavy atom. The molecule has 0 bridgehead atoms. The van der Waals surface area contributed by atoms with Crippen LogP contribution >= 0.6 is 34.7 Å². The third-order valence-corrected chi connectivity index (χ3v) is 4.40. The second-order valence-electron chi connectivity index (χ2n) is 2.77. The summed E-state index contributed by atoms with van der Waals surface area (Å²) in [6, 6.07) is 4.03. The van der Waals surface area contributed by atoms with Gasteiger partial charge in [0.25, 0.3) is 0 Å². The molecule has 1 fully saturated rings. The second-order valence-corrected chi connectivity index (χ2v) is 5.81. The Balaban J connectivity index is 1.79. The molecule has 12 heavy (non-hydrogen) atoms. The third kappa shape index (κ3) is 2.16. The molecule has 0 saturated carbocycles. The first-order valence-electron chi connectivity index (χ1n) is 3.80. The average molecular weight is 221 g/mol. The van der Waals surface area contributed by atoms with Gasteiger partial charge in [-0.05, 0) is 12.1 Å². The van der Waals surface area contributed by atoms with Gasteiger partial charge in [-0.15, -0.1) is 23.1 Å². The number of hydrogen-bond acceptors (Lipinski definition) is 3.